The molecule has 1 aromatic rings. The number of benzene rings is 1. The monoisotopic (exact) mass is 267 g/mol. The second-order valence-electron chi connectivity index (χ2n) is 4.50. The van der Waals surface area contributed by atoms with Gasteiger partial charge in [-0.05, 0) is 68.5 Å². The SMILES string of the molecule is Cc1cc(C)c(C2CCNCC2)c(Br)c1. The summed E-state index contributed by atoms with van der Waals surface area (Å²) in [5.74, 6) is 0.737. The number of hydrogen-bond acceptors (Lipinski definition) is 1. The fourth-order valence-corrected chi connectivity index (χ4v) is 3.55. The highest BCUT2D eigenvalue weighted by molar-refractivity contribution is 9.10. The molecule has 2 rings (SSSR count). The smallest absolute Gasteiger partial charge is 0.0215 e. The van der Waals surface area contributed by atoms with Crippen molar-refractivity contribution in [1.82, 2.24) is 5.32 Å². The van der Waals surface area contributed by atoms with Gasteiger partial charge >= 0.3 is 0 Å². The normalized spacial score (nSPS) is 18.1. The maximum absolute atomic E-state index is 3.71. The summed E-state index contributed by atoms with van der Waals surface area (Å²) in [5.41, 5.74) is 4.31. The molecule has 15 heavy (non-hydrogen) atoms. The average Bonchev–Trinajstić information content (AvgIpc) is 2.17. The average molecular weight is 268 g/mol. The van der Waals surface area contributed by atoms with E-state index in [-0.39, 0.29) is 0 Å². The molecule has 1 nitrogen and oxygen atoms in total. The van der Waals surface area contributed by atoms with Crippen molar-refractivity contribution in [2.24, 2.45) is 0 Å². The summed E-state index contributed by atoms with van der Waals surface area (Å²) in [5, 5.41) is 3.42. The molecule has 0 aromatic heterocycles. The summed E-state index contributed by atoms with van der Waals surface area (Å²) < 4.78 is 1.30. The second-order valence-corrected chi connectivity index (χ2v) is 5.36. The summed E-state index contributed by atoms with van der Waals surface area (Å²) in [6, 6.07) is 4.53. The second kappa shape index (κ2) is 4.67. The molecule has 0 spiro atoms. The molecule has 1 aliphatic rings. The van der Waals surface area contributed by atoms with Crippen LogP contribution in [0, 0.1) is 13.8 Å². The van der Waals surface area contributed by atoms with Crippen molar-refractivity contribution >= 4 is 15.9 Å². The van der Waals surface area contributed by atoms with Crippen molar-refractivity contribution in [2.75, 3.05) is 13.1 Å². The summed E-state index contributed by atoms with van der Waals surface area (Å²) in [6.45, 7) is 6.70. The number of halogens is 1. The van der Waals surface area contributed by atoms with E-state index >= 15 is 0 Å². The van der Waals surface area contributed by atoms with Crippen LogP contribution in [0.15, 0.2) is 16.6 Å². The molecule has 2 heteroatoms. The Morgan fingerprint density at radius 3 is 2.47 bits per heavy atom. The third kappa shape index (κ3) is 2.43. The first-order valence-corrected chi connectivity index (χ1v) is 6.45. The van der Waals surface area contributed by atoms with Crippen LogP contribution in [0.2, 0.25) is 0 Å². The largest absolute Gasteiger partial charge is 0.317 e. The number of hydrogen-bond donors (Lipinski definition) is 1. The quantitative estimate of drug-likeness (QED) is 0.821. The van der Waals surface area contributed by atoms with Crippen LogP contribution in [0.25, 0.3) is 0 Å². The molecule has 0 atom stereocenters. The van der Waals surface area contributed by atoms with Crippen molar-refractivity contribution in [3.63, 3.8) is 0 Å². The molecule has 82 valence electrons. The standard InChI is InChI=1S/C13H18BrN/c1-9-7-10(2)13(12(14)8-9)11-3-5-15-6-4-11/h7-8,11,15H,3-6H2,1-2H3. The summed E-state index contributed by atoms with van der Waals surface area (Å²) >= 11 is 3.71. The van der Waals surface area contributed by atoms with Crippen LogP contribution < -0.4 is 5.32 Å². The molecule has 0 aliphatic carbocycles. The minimum absolute atomic E-state index is 0.737. The lowest BCUT2D eigenvalue weighted by molar-refractivity contribution is 0.458. The van der Waals surface area contributed by atoms with E-state index in [1.54, 1.807) is 0 Å². The summed E-state index contributed by atoms with van der Waals surface area (Å²) in [4.78, 5) is 0. The highest BCUT2D eigenvalue weighted by Gasteiger charge is 2.19. The van der Waals surface area contributed by atoms with E-state index in [0.29, 0.717) is 0 Å². The van der Waals surface area contributed by atoms with E-state index < -0.39 is 0 Å². The fourth-order valence-electron chi connectivity index (χ4n) is 2.55. The first kappa shape index (κ1) is 11.2. The number of piperidine rings is 1. The van der Waals surface area contributed by atoms with Crippen molar-refractivity contribution < 1.29 is 0 Å². The first-order chi connectivity index (χ1) is 7.18. The first-order valence-electron chi connectivity index (χ1n) is 5.66. The summed E-state index contributed by atoms with van der Waals surface area (Å²) in [6.07, 6.45) is 2.53. The van der Waals surface area contributed by atoms with Gasteiger partial charge in [-0.1, -0.05) is 22.0 Å². The molecule has 1 fully saturated rings. The Morgan fingerprint density at radius 1 is 1.20 bits per heavy atom. The Hall–Kier alpha value is -0.340. The molecular weight excluding hydrogens is 250 g/mol. The van der Waals surface area contributed by atoms with Gasteiger partial charge in [-0.25, -0.2) is 0 Å². The Morgan fingerprint density at radius 2 is 1.87 bits per heavy atom. The Bertz CT molecular complexity index is 331. The summed E-state index contributed by atoms with van der Waals surface area (Å²) in [7, 11) is 0. The Balaban J connectivity index is 2.33. The molecule has 1 N–H and O–H groups in total. The fraction of sp³-hybridized carbons (Fsp3) is 0.538. The van der Waals surface area contributed by atoms with E-state index in [1.165, 1.54) is 34.0 Å². The molecule has 0 amide bonds. The highest BCUT2D eigenvalue weighted by Crippen LogP contribution is 2.34. The number of rotatable bonds is 1. The van der Waals surface area contributed by atoms with Gasteiger partial charge in [0.1, 0.15) is 0 Å². The van der Waals surface area contributed by atoms with Gasteiger partial charge < -0.3 is 5.32 Å². The van der Waals surface area contributed by atoms with Crippen LogP contribution in [-0.4, -0.2) is 13.1 Å². The van der Waals surface area contributed by atoms with E-state index in [9.17, 15) is 0 Å². The lowest BCUT2D eigenvalue weighted by atomic mass is 9.87. The lowest BCUT2D eigenvalue weighted by Gasteiger charge is -2.25. The lowest BCUT2D eigenvalue weighted by Crippen LogP contribution is -2.27. The van der Waals surface area contributed by atoms with E-state index in [1.807, 2.05) is 0 Å². The Labute approximate surface area is 100 Å². The molecule has 1 heterocycles. The molecule has 1 aliphatic heterocycles. The number of aryl methyl sites for hydroxylation is 2. The van der Waals surface area contributed by atoms with E-state index in [0.717, 1.165) is 19.0 Å². The van der Waals surface area contributed by atoms with E-state index in [2.05, 4.69) is 47.2 Å². The molecule has 0 bridgehead atoms. The van der Waals surface area contributed by atoms with Crippen LogP contribution in [0.5, 0.6) is 0 Å². The zero-order valence-corrected chi connectivity index (χ0v) is 11.0. The van der Waals surface area contributed by atoms with Crippen molar-refractivity contribution in [3.8, 4) is 0 Å². The van der Waals surface area contributed by atoms with Crippen LogP contribution in [0.3, 0.4) is 0 Å². The predicted octanol–water partition coefficient (Wildman–Crippen LogP) is 3.53. The van der Waals surface area contributed by atoms with Gasteiger partial charge in [-0.3, -0.25) is 0 Å². The van der Waals surface area contributed by atoms with Gasteiger partial charge in [-0.2, -0.15) is 0 Å². The van der Waals surface area contributed by atoms with E-state index in [4.69, 9.17) is 0 Å². The van der Waals surface area contributed by atoms with Gasteiger partial charge in [-0.15, -0.1) is 0 Å². The maximum atomic E-state index is 3.71. The predicted molar refractivity (Wildman–Crippen MR) is 68.5 cm³/mol. The van der Waals surface area contributed by atoms with Crippen LogP contribution >= 0.6 is 15.9 Å². The highest BCUT2D eigenvalue weighted by atomic mass is 79.9. The third-order valence-electron chi connectivity index (χ3n) is 3.23. The van der Waals surface area contributed by atoms with Gasteiger partial charge in [0.15, 0.2) is 0 Å². The molecule has 0 radical (unpaired) electrons. The molecular formula is C13H18BrN. The van der Waals surface area contributed by atoms with Crippen LogP contribution in [-0.2, 0) is 0 Å². The molecule has 1 saturated heterocycles. The van der Waals surface area contributed by atoms with Gasteiger partial charge in [0, 0.05) is 4.47 Å². The minimum Gasteiger partial charge on any atom is -0.317 e. The maximum Gasteiger partial charge on any atom is 0.0215 e. The molecule has 0 unspecified atom stereocenters. The van der Waals surface area contributed by atoms with Crippen molar-refractivity contribution in [2.45, 2.75) is 32.6 Å². The van der Waals surface area contributed by atoms with Crippen LogP contribution in [0.4, 0.5) is 0 Å². The zero-order chi connectivity index (χ0) is 10.8. The van der Waals surface area contributed by atoms with Crippen molar-refractivity contribution in [3.05, 3.63) is 33.3 Å². The zero-order valence-electron chi connectivity index (χ0n) is 9.44. The minimum atomic E-state index is 0.737. The molecule has 1 aromatic carbocycles. The third-order valence-corrected chi connectivity index (χ3v) is 3.88. The Kier molecular flexibility index (Phi) is 3.47. The number of nitrogens with one attached hydrogen (secondary N) is 1. The topological polar surface area (TPSA) is 12.0 Å². The van der Waals surface area contributed by atoms with Gasteiger partial charge in [0.05, 0.1) is 0 Å². The van der Waals surface area contributed by atoms with Crippen LogP contribution in [0.1, 0.15) is 35.4 Å². The van der Waals surface area contributed by atoms with Gasteiger partial charge in [0.2, 0.25) is 0 Å². The van der Waals surface area contributed by atoms with Crippen molar-refractivity contribution in [1.29, 1.82) is 0 Å². The molecule has 0 saturated carbocycles. The van der Waals surface area contributed by atoms with Gasteiger partial charge in [0.25, 0.3) is 0 Å².